The van der Waals surface area contributed by atoms with Gasteiger partial charge < -0.3 is 0 Å². The number of amides is 1. The summed E-state index contributed by atoms with van der Waals surface area (Å²) >= 11 is 1.38. The fourth-order valence-corrected chi connectivity index (χ4v) is 2.63. The van der Waals surface area contributed by atoms with E-state index in [0.717, 1.165) is 28.5 Å². The third-order valence-corrected chi connectivity index (χ3v) is 4.05. The molecule has 6 nitrogen and oxygen atoms in total. The number of hydrogen-bond acceptors (Lipinski definition) is 5. The molecule has 0 unspecified atom stereocenters. The Morgan fingerprint density at radius 3 is 2.91 bits per heavy atom. The fourth-order valence-electron chi connectivity index (χ4n) is 1.98. The summed E-state index contributed by atoms with van der Waals surface area (Å²) in [6, 6.07) is 5.60. The number of rotatable bonds is 6. The van der Waals surface area contributed by atoms with Crippen LogP contribution in [0.15, 0.2) is 34.5 Å². The third-order valence-electron chi connectivity index (χ3n) is 3.11. The second-order valence-corrected chi connectivity index (χ2v) is 5.65. The van der Waals surface area contributed by atoms with Crippen molar-refractivity contribution in [3.63, 3.8) is 0 Å². The number of hydrazone groups is 1. The highest BCUT2D eigenvalue weighted by Crippen LogP contribution is 2.13. The first kappa shape index (κ1) is 16.2. The van der Waals surface area contributed by atoms with Crippen LogP contribution in [0.1, 0.15) is 23.9 Å². The lowest BCUT2D eigenvalue weighted by molar-refractivity contribution is -0.118. The molecule has 2 rings (SSSR count). The van der Waals surface area contributed by atoms with Gasteiger partial charge >= 0.3 is 0 Å². The molecule has 1 amide bonds. The number of carbonyl (C=O) groups excluding carboxylic acids is 1. The van der Waals surface area contributed by atoms with E-state index in [4.69, 9.17) is 0 Å². The second kappa shape index (κ2) is 7.74. The number of aryl methyl sites for hydroxylation is 2. The standard InChI is InChI=1S/C15H19N5OS/c1-4-20-12(3)13(11(2)19-20)9-17-18-14(21)10-22-15-7-5-6-8-16-15/h5-9H,4,10H2,1-3H3,(H,18,21)/b17-9-. The minimum absolute atomic E-state index is 0.162. The molecule has 1 N–H and O–H groups in total. The maximum atomic E-state index is 11.7. The summed E-state index contributed by atoms with van der Waals surface area (Å²) < 4.78 is 1.91. The molecule has 0 atom stereocenters. The lowest BCUT2D eigenvalue weighted by atomic mass is 10.2. The van der Waals surface area contributed by atoms with E-state index in [2.05, 4.69) is 20.6 Å². The lowest BCUT2D eigenvalue weighted by Crippen LogP contribution is -2.19. The molecule has 2 aromatic heterocycles. The third kappa shape index (κ3) is 4.17. The van der Waals surface area contributed by atoms with Gasteiger partial charge in [-0.15, -0.1) is 0 Å². The molecule has 0 aromatic carbocycles. The van der Waals surface area contributed by atoms with E-state index in [1.54, 1.807) is 12.4 Å². The van der Waals surface area contributed by atoms with Crippen LogP contribution in [0, 0.1) is 13.8 Å². The number of nitrogens with zero attached hydrogens (tertiary/aromatic N) is 4. The molecule has 0 fully saturated rings. The van der Waals surface area contributed by atoms with Crippen molar-refractivity contribution in [1.29, 1.82) is 0 Å². The summed E-state index contributed by atoms with van der Waals surface area (Å²) in [5.74, 6) is 0.116. The van der Waals surface area contributed by atoms with Gasteiger partial charge in [-0.05, 0) is 32.9 Å². The zero-order valence-electron chi connectivity index (χ0n) is 12.9. The quantitative estimate of drug-likeness (QED) is 0.503. The number of pyridine rings is 1. The molecule has 7 heteroatoms. The summed E-state index contributed by atoms with van der Waals surface area (Å²) in [5, 5.41) is 9.23. The zero-order chi connectivity index (χ0) is 15.9. The minimum Gasteiger partial charge on any atom is -0.272 e. The summed E-state index contributed by atoms with van der Waals surface area (Å²) in [5.41, 5.74) is 5.42. The first-order valence-electron chi connectivity index (χ1n) is 7.01. The van der Waals surface area contributed by atoms with Crippen LogP contribution < -0.4 is 5.43 Å². The number of nitrogens with one attached hydrogen (secondary N) is 1. The SMILES string of the molecule is CCn1nc(C)c(/C=N\NC(=O)CSc2ccccn2)c1C. The predicted molar refractivity (Wildman–Crippen MR) is 88.1 cm³/mol. The Morgan fingerprint density at radius 1 is 1.45 bits per heavy atom. The predicted octanol–water partition coefficient (Wildman–Crippen LogP) is 2.16. The first-order valence-corrected chi connectivity index (χ1v) is 8.00. The van der Waals surface area contributed by atoms with E-state index < -0.39 is 0 Å². The zero-order valence-corrected chi connectivity index (χ0v) is 13.7. The van der Waals surface area contributed by atoms with Gasteiger partial charge in [0.05, 0.1) is 22.7 Å². The monoisotopic (exact) mass is 317 g/mol. The van der Waals surface area contributed by atoms with Gasteiger partial charge in [0.2, 0.25) is 5.91 Å². The van der Waals surface area contributed by atoms with E-state index in [9.17, 15) is 4.79 Å². The molecule has 0 radical (unpaired) electrons. The highest BCUT2D eigenvalue weighted by Gasteiger charge is 2.08. The van der Waals surface area contributed by atoms with Gasteiger partial charge in [-0.3, -0.25) is 9.48 Å². The van der Waals surface area contributed by atoms with E-state index in [1.165, 1.54) is 11.8 Å². The fraction of sp³-hybridized carbons (Fsp3) is 0.333. The molecule has 22 heavy (non-hydrogen) atoms. The van der Waals surface area contributed by atoms with Gasteiger partial charge in [0.15, 0.2) is 0 Å². The summed E-state index contributed by atoms with van der Waals surface area (Å²) in [4.78, 5) is 15.9. The summed E-state index contributed by atoms with van der Waals surface area (Å²) in [6.07, 6.45) is 3.35. The largest absolute Gasteiger partial charge is 0.272 e. The summed E-state index contributed by atoms with van der Waals surface area (Å²) in [6.45, 7) is 6.77. The molecule has 0 aliphatic heterocycles. The Labute approximate surface area is 134 Å². The van der Waals surface area contributed by atoms with Crippen molar-refractivity contribution in [2.24, 2.45) is 5.10 Å². The van der Waals surface area contributed by atoms with Crippen LogP contribution in [0.4, 0.5) is 0 Å². The molecular formula is C15H19N5OS. The van der Waals surface area contributed by atoms with Gasteiger partial charge in [-0.1, -0.05) is 17.8 Å². The molecule has 0 aliphatic rings. The van der Waals surface area contributed by atoms with E-state index in [0.29, 0.717) is 0 Å². The Kier molecular flexibility index (Phi) is 5.71. The average molecular weight is 317 g/mol. The first-order chi connectivity index (χ1) is 10.6. The van der Waals surface area contributed by atoms with Crippen LogP contribution in [0.25, 0.3) is 0 Å². The van der Waals surface area contributed by atoms with E-state index in [1.807, 2.05) is 43.7 Å². The number of hydrogen-bond donors (Lipinski definition) is 1. The van der Waals surface area contributed by atoms with Gasteiger partial charge in [-0.25, -0.2) is 10.4 Å². The second-order valence-electron chi connectivity index (χ2n) is 4.65. The number of carbonyl (C=O) groups is 1. The van der Waals surface area contributed by atoms with Crippen molar-refractivity contribution < 1.29 is 4.79 Å². The molecule has 0 saturated carbocycles. The Bertz CT molecular complexity index is 666. The Morgan fingerprint density at radius 2 is 2.27 bits per heavy atom. The van der Waals surface area contributed by atoms with Crippen LogP contribution in [0.2, 0.25) is 0 Å². The highest BCUT2D eigenvalue weighted by molar-refractivity contribution is 7.99. The molecule has 0 saturated heterocycles. The maximum absolute atomic E-state index is 11.7. The van der Waals surface area contributed by atoms with Crippen molar-refractivity contribution in [2.45, 2.75) is 32.3 Å². The minimum atomic E-state index is -0.162. The van der Waals surface area contributed by atoms with E-state index >= 15 is 0 Å². The van der Waals surface area contributed by atoms with Crippen LogP contribution in [-0.2, 0) is 11.3 Å². The lowest BCUT2D eigenvalue weighted by Gasteiger charge is -2.00. The normalized spacial score (nSPS) is 11.0. The molecular weight excluding hydrogens is 298 g/mol. The van der Waals surface area contributed by atoms with Crippen LogP contribution in [0.5, 0.6) is 0 Å². The Balaban J connectivity index is 1.87. The summed E-state index contributed by atoms with van der Waals surface area (Å²) in [7, 11) is 0. The molecule has 0 aliphatic carbocycles. The van der Waals surface area contributed by atoms with E-state index in [-0.39, 0.29) is 11.7 Å². The van der Waals surface area contributed by atoms with Crippen molar-refractivity contribution in [3.05, 3.63) is 41.3 Å². The topological polar surface area (TPSA) is 72.2 Å². The number of thioether (sulfide) groups is 1. The van der Waals surface area contributed by atoms with Crippen molar-refractivity contribution in [3.8, 4) is 0 Å². The van der Waals surface area contributed by atoms with Gasteiger partial charge in [0.25, 0.3) is 0 Å². The van der Waals surface area contributed by atoms with Crippen LogP contribution >= 0.6 is 11.8 Å². The van der Waals surface area contributed by atoms with Gasteiger partial charge in [0, 0.05) is 24.0 Å². The van der Waals surface area contributed by atoms with Crippen LogP contribution in [-0.4, -0.2) is 32.6 Å². The molecule has 0 bridgehead atoms. The highest BCUT2D eigenvalue weighted by atomic mass is 32.2. The van der Waals surface area contributed by atoms with Crippen LogP contribution in [0.3, 0.4) is 0 Å². The maximum Gasteiger partial charge on any atom is 0.250 e. The molecule has 0 spiro atoms. The van der Waals surface area contributed by atoms with Crippen molar-refractivity contribution >= 4 is 23.9 Å². The average Bonchev–Trinajstić information content (AvgIpc) is 2.81. The molecule has 2 heterocycles. The molecule has 116 valence electrons. The molecule has 2 aromatic rings. The van der Waals surface area contributed by atoms with Gasteiger partial charge in [0.1, 0.15) is 0 Å². The van der Waals surface area contributed by atoms with Crippen molar-refractivity contribution in [1.82, 2.24) is 20.2 Å². The number of aromatic nitrogens is 3. The Hall–Kier alpha value is -2.15. The van der Waals surface area contributed by atoms with Crippen molar-refractivity contribution in [2.75, 3.05) is 5.75 Å². The van der Waals surface area contributed by atoms with Gasteiger partial charge in [-0.2, -0.15) is 10.2 Å². The smallest absolute Gasteiger partial charge is 0.250 e.